The number of aliphatic hydroxyl groups excluding tert-OH is 1. The van der Waals surface area contributed by atoms with E-state index >= 15 is 0 Å². The van der Waals surface area contributed by atoms with Crippen LogP contribution in [0.3, 0.4) is 0 Å². The fourth-order valence-electron chi connectivity index (χ4n) is 2.88. The van der Waals surface area contributed by atoms with Crippen LogP contribution in [0, 0.1) is 0 Å². The molecule has 0 aliphatic rings. The molecule has 0 radical (unpaired) electrons. The maximum atomic E-state index is 13.3. The van der Waals surface area contributed by atoms with Crippen molar-refractivity contribution in [3.8, 4) is 0 Å². The van der Waals surface area contributed by atoms with Gasteiger partial charge in [-0.3, -0.25) is 0 Å². The van der Waals surface area contributed by atoms with Gasteiger partial charge in [0.05, 0.1) is 18.0 Å². The molecule has 7 heteroatoms. The van der Waals surface area contributed by atoms with Gasteiger partial charge in [0, 0.05) is 0 Å². The van der Waals surface area contributed by atoms with E-state index in [0.717, 1.165) is 18.4 Å². The molecule has 1 heterocycles. The van der Waals surface area contributed by atoms with Crippen LogP contribution in [0.2, 0.25) is 0 Å². The van der Waals surface area contributed by atoms with Crippen molar-refractivity contribution in [3.05, 3.63) is 71.4 Å². The second kappa shape index (κ2) is 8.45. The lowest BCUT2D eigenvalue weighted by Crippen LogP contribution is -2.14. The minimum atomic E-state index is -3.78. The van der Waals surface area contributed by atoms with Gasteiger partial charge in [-0.05, 0) is 36.1 Å². The molecule has 0 amide bonds. The molecule has 27 heavy (non-hydrogen) atoms. The van der Waals surface area contributed by atoms with Crippen LogP contribution in [-0.4, -0.2) is 28.5 Å². The molecular formula is C20H23N3O3S. The zero-order valence-electron chi connectivity index (χ0n) is 15.2. The van der Waals surface area contributed by atoms with Crippen molar-refractivity contribution in [2.45, 2.75) is 49.3 Å². The lowest BCUT2D eigenvalue weighted by atomic mass is 10.2. The van der Waals surface area contributed by atoms with Gasteiger partial charge in [-0.15, -0.1) is 5.10 Å². The van der Waals surface area contributed by atoms with Crippen molar-refractivity contribution in [1.29, 1.82) is 0 Å². The first kappa shape index (κ1) is 19.3. The summed E-state index contributed by atoms with van der Waals surface area (Å²) in [6, 6.07) is 15.9. The number of hydrogen-bond acceptors (Lipinski definition) is 5. The van der Waals surface area contributed by atoms with E-state index in [-0.39, 0.29) is 16.5 Å². The lowest BCUT2D eigenvalue weighted by Gasteiger charge is -2.10. The number of hydrogen-bond donors (Lipinski definition) is 1. The number of rotatable bonds is 8. The summed E-state index contributed by atoms with van der Waals surface area (Å²) in [6.07, 6.45) is 2.35. The SMILES string of the molecule is CCCCc1nnn(Cc2ccccc2)c1S(=O)(=O)c1ccc(CO)cc1. The quantitative estimate of drug-likeness (QED) is 0.644. The van der Waals surface area contributed by atoms with E-state index in [4.69, 9.17) is 0 Å². The average molecular weight is 385 g/mol. The molecule has 6 nitrogen and oxygen atoms in total. The molecule has 142 valence electrons. The average Bonchev–Trinajstić information content (AvgIpc) is 3.10. The first-order valence-electron chi connectivity index (χ1n) is 8.97. The van der Waals surface area contributed by atoms with Crippen molar-refractivity contribution < 1.29 is 13.5 Å². The molecule has 0 bridgehead atoms. The number of benzene rings is 2. The highest BCUT2D eigenvalue weighted by Crippen LogP contribution is 2.25. The van der Waals surface area contributed by atoms with Gasteiger partial charge in [-0.1, -0.05) is 61.0 Å². The van der Waals surface area contributed by atoms with Gasteiger partial charge in [0.1, 0.15) is 5.69 Å². The Hall–Kier alpha value is -2.51. The first-order valence-corrected chi connectivity index (χ1v) is 10.5. The maximum absolute atomic E-state index is 13.3. The normalized spacial score (nSPS) is 11.6. The Balaban J connectivity index is 2.05. The largest absolute Gasteiger partial charge is 0.392 e. The van der Waals surface area contributed by atoms with Gasteiger partial charge in [-0.25, -0.2) is 13.1 Å². The summed E-state index contributed by atoms with van der Waals surface area (Å²) in [4.78, 5) is 0.175. The number of aryl methyl sites for hydroxylation is 1. The third-order valence-corrected chi connectivity index (χ3v) is 6.22. The molecule has 0 aliphatic heterocycles. The smallest absolute Gasteiger partial charge is 0.225 e. The molecule has 3 aromatic rings. The van der Waals surface area contributed by atoms with Crippen molar-refractivity contribution in [1.82, 2.24) is 15.0 Å². The van der Waals surface area contributed by atoms with Crippen LogP contribution in [0.1, 0.15) is 36.6 Å². The molecule has 0 atom stereocenters. The van der Waals surface area contributed by atoms with E-state index < -0.39 is 9.84 Å². The second-order valence-corrected chi connectivity index (χ2v) is 8.26. The Morgan fingerprint density at radius 2 is 1.70 bits per heavy atom. The highest BCUT2D eigenvalue weighted by Gasteiger charge is 2.28. The van der Waals surface area contributed by atoms with Crippen LogP contribution in [0.4, 0.5) is 0 Å². The van der Waals surface area contributed by atoms with Crippen LogP contribution in [0.15, 0.2) is 64.5 Å². The summed E-state index contributed by atoms with van der Waals surface area (Å²) < 4.78 is 28.1. The number of aromatic nitrogens is 3. The van der Waals surface area contributed by atoms with E-state index in [1.165, 1.54) is 16.8 Å². The van der Waals surface area contributed by atoms with Crippen LogP contribution < -0.4 is 0 Å². The fourth-order valence-corrected chi connectivity index (χ4v) is 4.43. The van der Waals surface area contributed by atoms with E-state index in [1.54, 1.807) is 12.1 Å². The Labute approximate surface area is 159 Å². The topological polar surface area (TPSA) is 85.1 Å². The first-order chi connectivity index (χ1) is 13.1. The maximum Gasteiger partial charge on any atom is 0.225 e. The highest BCUT2D eigenvalue weighted by atomic mass is 32.2. The number of sulfone groups is 1. The number of nitrogens with zero attached hydrogens (tertiary/aromatic N) is 3. The number of aliphatic hydroxyl groups is 1. The fraction of sp³-hybridized carbons (Fsp3) is 0.300. The molecule has 0 unspecified atom stereocenters. The molecule has 0 saturated heterocycles. The summed E-state index contributed by atoms with van der Waals surface area (Å²) in [6.45, 7) is 2.26. The van der Waals surface area contributed by atoms with E-state index in [1.807, 2.05) is 30.3 Å². The van der Waals surface area contributed by atoms with Gasteiger partial charge < -0.3 is 5.11 Å². The van der Waals surface area contributed by atoms with Crippen molar-refractivity contribution in [2.24, 2.45) is 0 Å². The molecule has 0 spiro atoms. The monoisotopic (exact) mass is 385 g/mol. The molecule has 1 N–H and O–H groups in total. The van der Waals surface area contributed by atoms with Crippen LogP contribution in [-0.2, 0) is 29.4 Å². The Morgan fingerprint density at radius 3 is 2.33 bits per heavy atom. The third kappa shape index (κ3) is 4.26. The molecular weight excluding hydrogens is 362 g/mol. The molecule has 3 rings (SSSR count). The minimum absolute atomic E-state index is 0.129. The van der Waals surface area contributed by atoms with Gasteiger partial charge in [0.15, 0.2) is 5.03 Å². The van der Waals surface area contributed by atoms with Gasteiger partial charge in [-0.2, -0.15) is 0 Å². The van der Waals surface area contributed by atoms with Crippen molar-refractivity contribution >= 4 is 9.84 Å². The van der Waals surface area contributed by atoms with E-state index in [0.29, 0.717) is 24.2 Å². The molecule has 0 aliphatic carbocycles. The summed E-state index contributed by atoms with van der Waals surface area (Å²) in [5.41, 5.74) is 2.12. The van der Waals surface area contributed by atoms with Crippen molar-refractivity contribution in [3.63, 3.8) is 0 Å². The zero-order valence-corrected chi connectivity index (χ0v) is 16.1. The predicted molar refractivity (Wildman–Crippen MR) is 102 cm³/mol. The van der Waals surface area contributed by atoms with Gasteiger partial charge in [0.25, 0.3) is 0 Å². The van der Waals surface area contributed by atoms with E-state index in [2.05, 4.69) is 17.2 Å². The Morgan fingerprint density at radius 1 is 1.00 bits per heavy atom. The highest BCUT2D eigenvalue weighted by molar-refractivity contribution is 7.91. The van der Waals surface area contributed by atoms with Gasteiger partial charge >= 0.3 is 0 Å². The second-order valence-electron chi connectivity index (χ2n) is 6.39. The van der Waals surface area contributed by atoms with Crippen molar-refractivity contribution in [2.75, 3.05) is 0 Å². The standard InChI is InChI=1S/C20H23N3O3S/c1-2-3-9-19-20(23(22-21-19)14-16-7-5-4-6-8-16)27(25,26)18-12-10-17(15-24)11-13-18/h4-8,10-13,24H,2-3,9,14-15H2,1H3. The molecule has 0 fully saturated rings. The zero-order chi connectivity index (χ0) is 19.3. The van der Waals surface area contributed by atoms with Crippen LogP contribution in [0.25, 0.3) is 0 Å². The molecule has 1 aromatic heterocycles. The Bertz CT molecular complexity index is 981. The van der Waals surface area contributed by atoms with E-state index in [9.17, 15) is 13.5 Å². The summed E-state index contributed by atoms with van der Waals surface area (Å²) >= 11 is 0. The minimum Gasteiger partial charge on any atom is -0.392 e. The predicted octanol–water partition coefficient (Wildman–Crippen LogP) is 2.99. The van der Waals surface area contributed by atoms with Gasteiger partial charge in [0.2, 0.25) is 9.84 Å². The van der Waals surface area contributed by atoms with Crippen LogP contribution in [0.5, 0.6) is 0 Å². The number of unbranched alkanes of at least 4 members (excludes halogenated alkanes) is 1. The third-order valence-electron chi connectivity index (χ3n) is 4.37. The summed E-state index contributed by atoms with van der Waals surface area (Å²) in [5, 5.41) is 17.6. The Kier molecular flexibility index (Phi) is 6.03. The summed E-state index contributed by atoms with van der Waals surface area (Å²) in [5.74, 6) is 0. The lowest BCUT2D eigenvalue weighted by molar-refractivity contribution is 0.282. The molecule has 0 saturated carbocycles. The molecule has 2 aromatic carbocycles. The van der Waals surface area contributed by atoms with Crippen LogP contribution >= 0.6 is 0 Å². The summed E-state index contributed by atoms with van der Waals surface area (Å²) in [7, 11) is -3.78.